The highest BCUT2D eigenvalue weighted by Gasteiger charge is 2.18. The summed E-state index contributed by atoms with van der Waals surface area (Å²) in [5, 5.41) is 18.1. The van der Waals surface area contributed by atoms with Crippen LogP contribution in [0, 0.1) is 30.9 Å². The Labute approximate surface area is 172 Å². The van der Waals surface area contributed by atoms with Gasteiger partial charge < -0.3 is 10.1 Å². The topological polar surface area (TPSA) is 99.3 Å². The second-order valence-electron chi connectivity index (χ2n) is 6.73. The number of nitrogens with zero attached hydrogens (tertiary/aromatic N) is 3. The van der Waals surface area contributed by atoms with Crippen LogP contribution in [0.15, 0.2) is 36.5 Å². The van der Waals surface area contributed by atoms with Gasteiger partial charge in [0.2, 0.25) is 0 Å². The van der Waals surface area contributed by atoms with Crippen LogP contribution in [0.4, 0.5) is 11.4 Å². The minimum Gasteiger partial charge on any atom is -0.457 e. The Morgan fingerprint density at radius 2 is 1.93 bits per heavy atom. The number of benzene rings is 2. The van der Waals surface area contributed by atoms with Crippen LogP contribution < -0.4 is 10.1 Å². The highest BCUT2D eigenvalue weighted by molar-refractivity contribution is 6.34. The number of hydrogen-bond donors (Lipinski definition) is 1. The van der Waals surface area contributed by atoms with Gasteiger partial charge in [-0.25, -0.2) is 0 Å². The zero-order chi connectivity index (χ0) is 21.3. The monoisotopic (exact) mass is 414 g/mol. The quantitative estimate of drug-likeness (QED) is 0.470. The molecule has 1 aromatic heterocycles. The lowest BCUT2D eigenvalue weighted by molar-refractivity contribution is -0.384. The van der Waals surface area contributed by atoms with Gasteiger partial charge in [0.15, 0.2) is 5.69 Å². The third-order valence-electron chi connectivity index (χ3n) is 4.35. The van der Waals surface area contributed by atoms with Crippen molar-refractivity contribution in [3.05, 3.63) is 74.0 Å². The first-order chi connectivity index (χ1) is 13.6. The number of non-ortho nitro benzene ring substituents is 1. The Hall–Kier alpha value is -3.39. The number of nitrogens with one attached hydrogen (secondary N) is 1. The van der Waals surface area contributed by atoms with E-state index in [1.807, 2.05) is 32.9 Å². The normalized spacial score (nSPS) is 10.7. The lowest BCUT2D eigenvalue weighted by Gasteiger charge is -2.13. The Balaban J connectivity index is 1.95. The van der Waals surface area contributed by atoms with E-state index in [0.717, 1.165) is 16.7 Å². The first-order valence-corrected chi connectivity index (χ1v) is 9.07. The molecule has 29 heavy (non-hydrogen) atoms. The average molecular weight is 415 g/mol. The molecule has 0 bridgehead atoms. The molecule has 0 aliphatic rings. The minimum absolute atomic E-state index is 0.0216. The molecule has 150 valence electrons. The van der Waals surface area contributed by atoms with Crippen LogP contribution >= 0.6 is 11.6 Å². The van der Waals surface area contributed by atoms with Crippen molar-refractivity contribution in [3.8, 4) is 11.5 Å². The van der Waals surface area contributed by atoms with Gasteiger partial charge in [0.1, 0.15) is 11.5 Å². The predicted octanol–water partition coefficient (Wildman–Crippen LogP) is 4.95. The fourth-order valence-electron chi connectivity index (χ4n) is 2.86. The van der Waals surface area contributed by atoms with Crippen LogP contribution in [0.3, 0.4) is 0 Å². The lowest BCUT2D eigenvalue weighted by Crippen LogP contribution is -2.13. The number of carbonyl (C=O) groups is 1. The third kappa shape index (κ3) is 4.55. The molecule has 0 saturated carbocycles. The molecule has 0 atom stereocenters. The number of amides is 1. The van der Waals surface area contributed by atoms with E-state index in [4.69, 9.17) is 16.3 Å². The van der Waals surface area contributed by atoms with E-state index in [1.165, 1.54) is 29.1 Å². The number of rotatable bonds is 5. The molecule has 0 aliphatic heterocycles. The summed E-state index contributed by atoms with van der Waals surface area (Å²) in [6.45, 7) is 5.81. The van der Waals surface area contributed by atoms with Gasteiger partial charge in [0, 0.05) is 25.4 Å². The number of nitro groups is 1. The fraction of sp³-hybridized carbons (Fsp3) is 0.200. The van der Waals surface area contributed by atoms with Crippen LogP contribution in [0.25, 0.3) is 0 Å². The first kappa shape index (κ1) is 20.3. The summed E-state index contributed by atoms with van der Waals surface area (Å²) < 4.78 is 7.32. The summed E-state index contributed by atoms with van der Waals surface area (Å²) in [6.07, 6.45) is 1.49. The standard InChI is InChI=1S/C20H19ClN4O4/c1-11-5-12(2)13(3)18(6-11)29-16-8-14(7-15(9-16)25(27)28)22-20(26)19-17(21)10-24(4)23-19/h5-10H,1-4H3,(H,22,26). The van der Waals surface area contributed by atoms with E-state index in [2.05, 4.69) is 10.4 Å². The highest BCUT2D eigenvalue weighted by Crippen LogP contribution is 2.33. The number of aryl methyl sites for hydroxylation is 3. The Morgan fingerprint density at radius 3 is 2.55 bits per heavy atom. The summed E-state index contributed by atoms with van der Waals surface area (Å²) in [6, 6.07) is 7.94. The van der Waals surface area contributed by atoms with Crippen molar-refractivity contribution >= 4 is 28.9 Å². The Morgan fingerprint density at radius 1 is 1.21 bits per heavy atom. The number of halogens is 1. The van der Waals surface area contributed by atoms with Crippen molar-refractivity contribution in [2.24, 2.45) is 7.05 Å². The Bertz CT molecular complexity index is 1120. The van der Waals surface area contributed by atoms with E-state index >= 15 is 0 Å². The summed E-state index contributed by atoms with van der Waals surface area (Å²) in [7, 11) is 1.63. The molecule has 3 aromatic rings. The number of anilines is 1. The van der Waals surface area contributed by atoms with Crippen molar-refractivity contribution in [3.63, 3.8) is 0 Å². The molecule has 1 heterocycles. The maximum atomic E-state index is 12.5. The summed E-state index contributed by atoms with van der Waals surface area (Å²) in [5.74, 6) is 0.243. The molecule has 1 N–H and O–H groups in total. The average Bonchev–Trinajstić information content (AvgIpc) is 2.97. The molecule has 0 unspecified atom stereocenters. The molecular weight excluding hydrogens is 396 g/mol. The van der Waals surface area contributed by atoms with E-state index in [0.29, 0.717) is 5.75 Å². The lowest BCUT2D eigenvalue weighted by atomic mass is 10.1. The smallest absolute Gasteiger partial charge is 0.277 e. The highest BCUT2D eigenvalue weighted by atomic mass is 35.5. The van der Waals surface area contributed by atoms with E-state index in [-0.39, 0.29) is 27.8 Å². The van der Waals surface area contributed by atoms with Gasteiger partial charge >= 0.3 is 0 Å². The largest absolute Gasteiger partial charge is 0.457 e. The first-order valence-electron chi connectivity index (χ1n) is 8.69. The van der Waals surface area contributed by atoms with E-state index in [9.17, 15) is 14.9 Å². The SMILES string of the molecule is Cc1cc(C)c(C)c(Oc2cc(NC(=O)c3nn(C)cc3Cl)cc([N+](=O)[O-])c2)c1. The van der Waals surface area contributed by atoms with Crippen molar-refractivity contribution in [1.82, 2.24) is 9.78 Å². The van der Waals surface area contributed by atoms with Crippen molar-refractivity contribution in [1.29, 1.82) is 0 Å². The van der Waals surface area contributed by atoms with Crippen LogP contribution in [-0.4, -0.2) is 20.6 Å². The molecule has 9 heteroatoms. The van der Waals surface area contributed by atoms with Gasteiger partial charge in [-0.1, -0.05) is 17.7 Å². The van der Waals surface area contributed by atoms with Gasteiger partial charge in [-0.3, -0.25) is 19.6 Å². The maximum Gasteiger partial charge on any atom is 0.277 e. The van der Waals surface area contributed by atoms with Crippen LogP contribution in [0.2, 0.25) is 5.02 Å². The fourth-order valence-corrected chi connectivity index (χ4v) is 3.12. The predicted molar refractivity (Wildman–Crippen MR) is 110 cm³/mol. The number of hydrogen-bond acceptors (Lipinski definition) is 5. The summed E-state index contributed by atoms with van der Waals surface area (Å²) >= 11 is 6.00. The second-order valence-corrected chi connectivity index (χ2v) is 7.14. The van der Waals surface area contributed by atoms with Crippen LogP contribution in [0.5, 0.6) is 11.5 Å². The summed E-state index contributed by atoms with van der Waals surface area (Å²) in [4.78, 5) is 23.3. The van der Waals surface area contributed by atoms with Crippen molar-refractivity contribution in [2.45, 2.75) is 20.8 Å². The molecule has 0 fully saturated rings. The van der Waals surface area contributed by atoms with Crippen LogP contribution in [0.1, 0.15) is 27.2 Å². The van der Waals surface area contributed by atoms with Crippen LogP contribution in [-0.2, 0) is 7.05 Å². The number of carbonyl (C=O) groups excluding carboxylic acids is 1. The second kappa shape index (κ2) is 7.92. The molecule has 0 spiro atoms. The number of ether oxygens (including phenoxy) is 1. The van der Waals surface area contributed by atoms with Gasteiger partial charge in [0.25, 0.3) is 11.6 Å². The molecule has 2 aromatic carbocycles. The van der Waals surface area contributed by atoms with E-state index in [1.54, 1.807) is 7.05 Å². The molecular formula is C20H19ClN4O4. The molecule has 0 aliphatic carbocycles. The zero-order valence-electron chi connectivity index (χ0n) is 16.3. The molecule has 8 nitrogen and oxygen atoms in total. The third-order valence-corrected chi connectivity index (χ3v) is 4.63. The van der Waals surface area contributed by atoms with E-state index < -0.39 is 10.8 Å². The molecule has 0 saturated heterocycles. The van der Waals surface area contributed by atoms with Crippen molar-refractivity contribution in [2.75, 3.05) is 5.32 Å². The van der Waals surface area contributed by atoms with Crippen molar-refractivity contribution < 1.29 is 14.5 Å². The van der Waals surface area contributed by atoms with Gasteiger partial charge in [0.05, 0.1) is 21.7 Å². The molecule has 1 amide bonds. The van der Waals surface area contributed by atoms with Gasteiger partial charge in [-0.2, -0.15) is 5.10 Å². The zero-order valence-corrected chi connectivity index (χ0v) is 17.1. The molecule has 3 rings (SSSR count). The van der Waals surface area contributed by atoms with Gasteiger partial charge in [-0.15, -0.1) is 0 Å². The minimum atomic E-state index is -0.579. The number of nitro benzene ring substituents is 1. The molecule has 0 radical (unpaired) electrons. The van der Waals surface area contributed by atoms with Gasteiger partial charge in [-0.05, 0) is 43.5 Å². The Kier molecular flexibility index (Phi) is 5.56. The number of aromatic nitrogens is 2. The summed E-state index contributed by atoms with van der Waals surface area (Å²) in [5.41, 5.74) is 2.98. The maximum absolute atomic E-state index is 12.5.